The van der Waals surface area contributed by atoms with E-state index in [2.05, 4.69) is 0 Å². The van der Waals surface area contributed by atoms with Crippen LogP contribution in [0.1, 0.15) is 12.8 Å². The summed E-state index contributed by atoms with van der Waals surface area (Å²) in [6, 6.07) is 6.88. The van der Waals surface area contributed by atoms with Gasteiger partial charge in [0.05, 0.1) is 5.69 Å². The van der Waals surface area contributed by atoms with E-state index in [0.717, 1.165) is 12.8 Å². The minimum atomic E-state index is -0.537. The smallest absolute Gasteiger partial charge is 0.309 e. The molecule has 0 unspecified atom stereocenters. The molecule has 0 radical (unpaired) electrons. The summed E-state index contributed by atoms with van der Waals surface area (Å²) in [5.41, 5.74) is -0.409. The molecular weight excluding hydrogens is 264 g/mol. The number of benzene rings is 1. The van der Waals surface area contributed by atoms with Crippen molar-refractivity contribution in [3.63, 3.8) is 0 Å². The summed E-state index contributed by atoms with van der Waals surface area (Å²) < 4.78 is 2.83. The molecule has 0 saturated heterocycles. The molecule has 1 aromatic carbocycles. The van der Waals surface area contributed by atoms with Crippen LogP contribution in [0.5, 0.6) is 0 Å². The predicted octanol–water partition coefficient (Wildman–Crippen LogP) is 2.06. The molecule has 98 valence electrons. The first-order valence-corrected chi connectivity index (χ1v) is 6.61. The van der Waals surface area contributed by atoms with E-state index in [9.17, 15) is 9.59 Å². The van der Waals surface area contributed by atoms with Gasteiger partial charge in [-0.15, -0.1) is 0 Å². The van der Waals surface area contributed by atoms with Crippen molar-refractivity contribution < 1.29 is 0 Å². The highest BCUT2D eigenvalue weighted by Gasteiger charge is 2.22. The summed E-state index contributed by atoms with van der Waals surface area (Å²) in [7, 11) is 0. The molecule has 0 aliphatic heterocycles. The van der Waals surface area contributed by atoms with Crippen molar-refractivity contribution >= 4 is 11.6 Å². The maximum Gasteiger partial charge on any atom is 0.320 e. The van der Waals surface area contributed by atoms with Gasteiger partial charge >= 0.3 is 11.1 Å². The molecule has 5 heteroatoms. The largest absolute Gasteiger partial charge is 0.320 e. The quantitative estimate of drug-likeness (QED) is 0.806. The molecule has 1 aliphatic rings. The lowest BCUT2D eigenvalue weighted by molar-refractivity contribution is 0.592. The maximum absolute atomic E-state index is 12.1. The summed E-state index contributed by atoms with van der Waals surface area (Å²) in [5, 5.41) is 0.534. The summed E-state index contributed by atoms with van der Waals surface area (Å²) in [4.78, 5) is 24.1. The van der Waals surface area contributed by atoms with Gasteiger partial charge in [-0.25, -0.2) is 0 Å². The Morgan fingerprint density at radius 1 is 1.16 bits per heavy atom. The fraction of sp³-hybridized carbons (Fsp3) is 0.286. The van der Waals surface area contributed by atoms with Crippen molar-refractivity contribution in [3.8, 4) is 5.69 Å². The Morgan fingerprint density at radius 2 is 1.95 bits per heavy atom. The van der Waals surface area contributed by atoms with E-state index in [-0.39, 0.29) is 0 Å². The van der Waals surface area contributed by atoms with Crippen LogP contribution in [0, 0.1) is 5.92 Å². The summed E-state index contributed by atoms with van der Waals surface area (Å²) in [6.45, 7) is 0.643. The van der Waals surface area contributed by atoms with Gasteiger partial charge in [-0.2, -0.15) is 0 Å². The maximum atomic E-state index is 12.1. The zero-order valence-electron chi connectivity index (χ0n) is 10.3. The van der Waals surface area contributed by atoms with Gasteiger partial charge < -0.3 is 4.57 Å². The van der Waals surface area contributed by atoms with Crippen molar-refractivity contribution in [2.45, 2.75) is 19.4 Å². The first kappa shape index (κ1) is 12.2. The van der Waals surface area contributed by atoms with Crippen molar-refractivity contribution in [2.24, 2.45) is 5.92 Å². The van der Waals surface area contributed by atoms with Crippen molar-refractivity contribution in [3.05, 3.63) is 62.4 Å². The molecule has 0 atom stereocenters. The lowest BCUT2D eigenvalue weighted by Gasteiger charge is -2.08. The van der Waals surface area contributed by atoms with Gasteiger partial charge in [0.25, 0.3) is 0 Å². The standard InChI is InChI=1S/C14H13ClN2O2/c15-11-2-1-3-12(8-11)17-7-6-16(9-10-4-5-10)13(18)14(17)19/h1-3,6-8,10H,4-5,9H2. The van der Waals surface area contributed by atoms with Gasteiger partial charge in [-0.1, -0.05) is 17.7 Å². The Morgan fingerprint density at radius 3 is 2.63 bits per heavy atom. The van der Waals surface area contributed by atoms with Gasteiger partial charge in [0.15, 0.2) is 0 Å². The second kappa shape index (κ2) is 4.70. The molecule has 0 N–H and O–H groups in total. The van der Waals surface area contributed by atoms with Gasteiger partial charge in [0.1, 0.15) is 0 Å². The normalized spacial score (nSPS) is 14.6. The Balaban J connectivity index is 2.06. The second-order valence-corrected chi connectivity index (χ2v) is 5.29. The summed E-state index contributed by atoms with van der Waals surface area (Å²) >= 11 is 5.90. The first-order chi connectivity index (χ1) is 9.15. The monoisotopic (exact) mass is 276 g/mol. The van der Waals surface area contributed by atoms with E-state index in [4.69, 9.17) is 11.6 Å². The van der Waals surface area contributed by atoms with Gasteiger partial charge in [0.2, 0.25) is 0 Å². The molecule has 1 aromatic heterocycles. The van der Waals surface area contributed by atoms with Crippen LogP contribution in [-0.4, -0.2) is 9.13 Å². The summed E-state index contributed by atoms with van der Waals surface area (Å²) in [5.74, 6) is 0.555. The Bertz CT molecular complexity index is 729. The molecule has 1 aliphatic carbocycles. The van der Waals surface area contributed by atoms with E-state index >= 15 is 0 Å². The van der Waals surface area contributed by atoms with Crippen LogP contribution in [0.4, 0.5) is 0 Å². The molecule has 1 saturated carbocycles. The van der Waals surface area contributed by atoms with Crippen LogP contribution in [-0.2, 0) is 6.54 Å². The van der Waals surface area contributed by atoms with Crippen LogP contribution in [0.25, 0.3) is 5.69 Å². The Hall–Kier alpha value is -1.81. The minimum absolute atomic E-state index is 0.477. The third-order valence-electron chi connectivity index (χ3n) is 3.30. The third kappa shape index (κ3) is 2.49. The fourth-order valence-corrected chi connectivity index (χ4v) is 2.24. The van der Waals surface area contributed by atoms with Crippen molar-refractivity contribution in [2.75, 3.05) is 0 Å². The van der Waals surface area contributed by atoms with Gasteiger partial charge in [0, 0.05) is 24.0 Å². The average Bonchev–Trinajstić information content (AvgIpc) is 3.19. The Labute approximate surface area is 114 Å². The number of aromatic nitrogens is 2. The lowest BCUT2D eigenvalue weighted by Crippen LogP contribution is -2.40. The molecule has 3 rings (SSSR count). The minimum Gasteiger partial charge on any atom is -0.309 e. The SMILES string of the molecule is O=c1c(=O)n(-c2cccc(Cl)c2)ccn1CC1CC1. The second-order valence-electron chi connectivity index (χ2n) is 4.85. The Kier molecular flexibility index (Phi) is 3.03. The highest BCUT2D eigenvalue weighted by molar-refractivity contribution is 6.30. The zero-order valence-corrected chi connectivity index (χ0v) is 11.0. The van der Waals surface area contributed by atoms with Crippen molar-refractivity contribution in [1.29, 1.82) is 0 Å². The highest BCUT2D eigenvalue weighted by atomic mass is 35.5. The van der Waals surface area contributed by atoms with E-state index < -0.39 is 11.1 Å². The summed E-state index contributed by atoms with van der Waals surface area (Å²) in [6.07, 6.45) is 5.58. The lowest BCUT2D eigenvalue weighted by atomic mass is 10.3. The predicted molar refractivity (Wildman–Crippen MR) is 74.0 cm³/mol. The highest BCUT2D eigenvalue weighted by Crippen LogP contribution is 2.29. The number of halogens is 1. The average molecular weight is 277 g/mol. The van der Waals surface area contributed by atoms with E-state index in [1.165, 1.54) is 9.13 Å². The number of rotatable bonds is 3. The third-order valence-corrected chi connectivity index (χ3v) is 3.53. The topological polar surface area (TPSA) is 44.0 Å². The molecular formula is C14H13ClN2O2. The number of hydrogen-bond acceptors (Lipinski definition) is 2. The number of hydrogen-bond donors (Lipinski definition) is 0. The van der Waals surface area contributed by atoms with Crippen LogP contribution in [0.2, 0.25) is 5.02 Å². The molecule has 19 heavy (non-hydrogen) atoms. The van der Waals surface area contributed by atoms with Crippen LogP contribution >= 0.6 is 11.6 Å². The van der Waals surface area contributed by atoms with Gasteiger partial charge in [-0.3, -0.25) is 14.2 Å². The molecule has 4 nitrogen and oxygen atoms in total. The van der Waals surface area contributed by atoms with Crippen LogP contribution in [0.3, 0.4) is 0 Å². The van der Waals surface area contributed by atoms with Gasteiger partial charge in [-0.05, 0) is 37.0 Å². The van der Waals surface area contributed by atoms with Crippen LogP contribution < -0.4 is 11.1 Å². The van der Waals surface area contributed by atoms with E-state index in [0.29, 0.717) is 23.2 Å². The first-order valence-electron chi connectivity index (χ1n) is 6.23. The fourth-order valence-electron chi connectivity index (χ4n) is 2.06. The zero-order chi connectivity index (χ0) is 13.4. The molecule has 2 aromatic rings. The van der Waals surface area contributed by atoms with E-state index in [1.54, 1.807) is 36.7 Å². The van der Waals surface area contributed by atoms with E-state index in [1.807, 2.05) is 0 Å². The number of nitrogens with zero attached hydrogens (tertiary/aromatic N) is 2. The molecule has 0 spiro atoms. The molecule has 1 heterocycles. The molecule has 1 fully saturated rings. The molecule has 0 amide bonds. The molecule has 0 bridgehead atoms. The van der Waals surface area contributed by atoms with Crippen LogP contribution in [0.15, 0.2) is 46.2 Å². The van der Waals surface area contributed by atoms with Crippen molar-refractivity contribution in [1.82, 2.24) is 9.13 Å².